The molecule has 0 aliphatic carbocycles. The number of methoxy groups -OCH3 is 1. The normalized spacial score (nSPS) is 12.4. The zero-order chi connectivity index (χ0) is 13.1. The van der Waals surface area contributed by atoms with Gasteiger partial charge in [0, 0.05) is 14.2 Å². The van der Waals surface area contributed by atoms with Crippen molar-refractivity contribution in [1.82, 2.24) is 9.78 Å². The van der Waals surface area contributed by atoms with E-state index in [1.165, 1.54) is 7.11 Å². The molecule has 0 saturated carbocycles. The largest absolute Gasteiger partial charge is 0.368 e. The average molecular weight is 309 g/mol. The van der Waals surface area contributed by atoms with E-state index in [1.54, 1.807) is 17.9 Å². The highest BCUT2D eigenvalue weighted by atomic mass is 79.9. The minimum absolute atomic E-state index is 0.115. The maximum Gasteiger partial charge on any atom is 0.215 e. The Morgan fingerprint density at radius 1 is 1.39 bits per heavy atom. The molecule has 1 aromatic carbocycles. The molecular formula is C13H13BrN2O2. The number of rotatable bonds is 4. The van der Waals surface area contributed by atoms with Crippen LogP contribution in [0.25, 0.3) is 0 Å². The highest BCUT2D eigenvalue weighted by Crippen LogP contribution is 2.25. The third-order valence-corrected chi connectivity index (χ3v) is 3.28. The van der Waals surface area contributed by atoms with Crippen molar-refractivity contribution in [3.05, 3.63) is 52.3 Å². The van der Waals surface area contributed by atoms with E-state index in [0.29, 0.717) is 10.2 Å². The van der Waals surface area contributed by atoms with Crippen molar-refractivity contribution in [2.75, 3.05) is 7.11 Å². The lowest BCUT2D eigenvalue weighted by Crippen LogP contribution is -2.18. The molecule has 1 unspecified atom stereocenters. The second-order valence-electron chi connectivity index (χ2n) is 3.86. The summed E-state index contributed by atoms with van der Waals surface area (Å²) in [5.74, 6) is -0.115. The lowest BCUT2D eigenvalue weighted by Gasteiger charge is -2.14. The van der Waals surface area contributed by atoms with E-state index >= 15 is 0 Å². The zero-order valence-corrected chi connectivity index (χ0v) is 11.7. The molecule has 1 atom stereocenters. The van der Waals surface area contributed by atoms with E-state index in [9.17, 15) is 4.79 Å². The molecule has 0 aliphatic rings. The van der Waals surface area contributed by atoms with Crippen molar-refractivity contribution in [1.29, 1.82) is 0 Å². The van der Waals surface area contributed by atoms with Gasteiger partial charge in [0.25, 0.3) is 0 Å². The molecule has 0 aliphatic heterocycles. The maximum atomic E-state index is 12.5. The summed E-state index contributed by atoms with van der Waals surface area (Å²) in [4.78, 5) is 12.5. The molecule has 0 bridgehead atoms. The van der Waals surface area contributed by atoms with Gasteiger partial charge in [-0.25, -0.2) is 0 Å². The summed E-state index contributed by atoms with van der Waals surface area (Å²) in [5, 5.41) is 4.04. The maximum absolute atomic E-state index is 12.5. The molecule has 94 valence electrons. The summed E-state index contributed by atoms with van der Waals surface area (Å²) in [6, 6.07) is 9.41. The predicted molar refractivity (Wildman–Crippen MR) is 71.4 cm³/mol. The van der Waals surface area contributed by atoms with Gasteiger partial charge in [-0.3, -0.25) is 9.48 Å². The fourth-order valence-corrected chi connectivity index (χ4v) is 2.38. The van der Waals surface area contributed by atoms with Gasteiger partial charge in [-0.1, -0.05) is 30.3 Å². The summed E-state index contributed by atoms with van der Waals surface area (Å²) in [6.07, 6.45) is 0.989. The van der Waals surface area contributed by atoms with Gasteiger partial charge < -0.3 is 4.74 Å². The zero-order valence-electron chi connectivity index (χ0n) is 10.1. The number of hydrogen-bond acceptors (Lipinski definition) is 3. The van der Waals surface area contributed by atoms with Crippen LogP contribution < -0.4 is 0 Å². The van der Waals surface area contributed by atoms with Gasteiger partial charge in [-0.2, -0.15) is 5.10 Å². The Kier molecular flexibility index (Phi) is 3.93. The second-order valence-corrected chi connectivity index (χ2v) is 4.71. The molecular weight excluding hydrogens is 296 g/mol. The molecule has 4 nitrogen and oxygen atoms in total. The third-order valence-electron chi connectivity index (χ3n) is 2.70. The van der Waals surface area contributed by atoms with Gasteiger partial charge >= 0.3 is 0 Å². The first-order valence-corrected chi connectivity index (χ1v) is 6.24. The fraction of sp³-hybridized carbons (Fsp3) is 0.231. The number of aryl methyl sites for hydroxylation is 1. The Labute approximate surface area is 114 Å². The predicted octanol–water partition coefficient (Wildman–Crippen LogP) is 2.75. The van der Waals surface area contributed by atoms with Gasteiger partial charge in [0.2, 0.25) is 5.78 Å². The van der Waals surface area contributed by atoms with Crippen LogP contribution >= 0.6 is 15.9 Å². The van der Waals surface area contributed by atoms with Crippen LogP contribution in [0.5, 0.6) is 0 Å². The molecule has 5 heteroatoms. The molecule has 0 radical (unpaired) electrons. The van der Waals surface area contributed by atoms with E-state index in [-0.39, 0.29) is 5.78 Å². The van der Waals surface area contributed by atoms with Crippen molar-refractivity contribution in [2.45, 2.75) is 6.10 Å². The Balaban J connectivity index is 2.38. The van der Waals surface area contributed by atoms with E-state index in [2.05, 4.69) is 21.0 Å². The SMILES string of the molecule is COC(C(=O)c1c(Br)cnn1C)c1ccccc1. The Morgan fingerprint density at radius 2 is 2.06 bits per heavy atom. The Bertz CT molecular complexity index is 532. The molecule has 0 fully saturated rings. The first-order chi connectivity index (χ1) is 8.65. The van der Waals surface area contributed by atoms with Crippen LogP contribution in [0, 0.1) is 0 Å². The van der Waals surface area contributed by atoms with Crippen LogP contribution in [-0.4, -0.2) is 22.7 Å². The highest BCUT2D eigenvalue weighted by molar-refractivity contribution is 9.10. The lowest BCUT2D eigenvalue weighted by atomic mass is 10.0. The molecule has 18 heavy (non-hydrogen) atoms. The third kappa shape index (κ3) is 2.37. The number of nitrogens with zero attached hydrogens (tertiary/aromatic N) is 2. The first-order valence-electron chi connectivity index (χ1n) is 5.44. The molecule has 0 N–H and O–H groups in total. The minimum atomic E-state index is -0.613. The number of ketones is 1. The Hall–Kier alpha value is -1.46. The van der Waals surface area contributed by atoms with Crippen LogP contribution in [-0.2, 0) is 11.8 Å². The average Bonchev–Trinajstić information content (AvgIpc) is 2.71. The first kappa shape index (κ1) is 13.0. The van der Waals surface area contributed by atoms with Crippen LogP contribution in [0.2, 0.25) is 0 Å². The summed E-state index contributed by atoms with van der Waals surface area (Å²) in [7, 11) is 3.26. The number of carbonyl (C=O) groups excluding carboxylic acids is 1. The number of hydrogen-bond donors (Lipinski definition) is 0. The number of benzene rings is 1. The molecule has 0 amide bonds. The second kappa shape index (κ2) is 5.46. The van der Waals surface area contributed by atoms with Gasteiger partial charge in [0.1, 0.15) is 11.8 Å². The van der Waals surface area contributed by atoms with Crippen molar-refractivity contribution >= 4 is 21.7 Å². The van der Waals surface area contributed by atoms with E-state index in [1.807, 2.05) is 30.3 Å². The number of Topliss-reactive ketones (excluding diaryl/α,β-unsaturated/α-hetero) is 1. The van der Waals surface area contributed by atoms with Gasteiger partial charge in [-0.05, 0) is 21.5 Å². The summed E-state index contributed by atoms with van der Waals surface area (Å²) in [6.45, 7) is 0. The standard InChI is InChI=1S/C13H13BrN2O2/c1-16-11(10(14)8-15-16)12(17)13(18-2)9-6-4-3-5-7-9/h3-8,13H,1-2H3. The van der Waals surface area contributed by atoms with E-state index < -0.39 is 6.10 Å². The van der Waals surface area contributed by atoms with Crippen LogP contribution in [0.4, 0.5) is 0 Å². The summed E-state index contributed by atoms with van der Waals surface area (Å²) in [5.41, 5.74) is 1.34. The quantitative estimate of drug-likeness (QED) is 0.816. The minimum Gasteiger partial charge on any atom is -0.368 e. The van der Waals surface area contributed by atoms with Crippen molar-refractivity contribution in [3.63, 3.8) is 0 Å². The molecule has 1 heterocycles. The molecule has 0 saturated heterocycles. The molecule has 0 spiro atoms. The van der Waals surface area contributed by atoms with Crippen molar-refractivity contribution < 1.29 is 9.53 Å². The number of aromatic nitrogens is 2. The number of ether oxygens (including phenoxy) is 1. The highest BCUT2D eigenvalue weighted by Gasteiger charge is 2.26. The lowest BCUT2D eigenvalue weighted by molar-refractivity contribution is 0.0593. The van der Waals surface area contributed by atoms with Crippen LogP contribution in [0.1, 0.15) is 22.2 Å². The van der Waals surface area contributed by atoms with Gasteiger partial charge in [0.05, 0.1) is 10.7 Å². The monoisotopic (exact) mass is 308 g/mol. The van der Waals surface area contributed by atoms with Gasteiger partial charge in [0.15, 0.2) is 0 Å². The van der Waals surface area contributed by atoms with Crippen LogP contribution in [0.15, 0.2) is 41.0 Å². The fourth-order valence-electron chi connectivity index (χ4n) is 1.83. The number of halogens is 1. The molecule has 2 aromatic rings. The van der Waals surface area contributed by atoms with E-state index in [0.717, 1.165) is 5.56 Å². The van der Waals surface area contributed by atoms with Crippen LogP contribution in [0.3, 0.4) is 0 Å². The molecule has 2 rings (SSSR count). The smallest absolute Gasteiger partial charge is 0.215 e. The van der Waals surface area contributed by atoms with Gasteiger partial charge in [-0.15, -0.1) is 0 Å². The Morgan fingerprint density at radius 3 is 2.56 bits per heavy atom. The summed E-state index contributed by atoms with van der Waals surface area (Å²) < 4.78 is 7.54. The number of carbonyl (C=O) groups is 1. The van der Waals surface area contributed by atoms with Crippen molar-refractivity contribution in [2.24, 2.45) is 7.05 Å². The summed E-state index contributed by atoms with van der Waals surface area (Å²) >= 11 is 3.33. The topological polar surface area (TPSA) is 44.1 Å². The van der Waals surface area contributed by atoms with E-state index in [4.69, 9.17) is 4.74 Å². The molecule has 1 aromatic heterocycles. The van der Waals surface area contributed by atoms with Crippen molar-refractivity contribution in [3.8, 4) is 0 Å².